The number of hydrogen-bond acceptors (Lipinski definition) is 4. The Labute approximate surface area is 122 Å². The predicted octanol–water partition coefficient (Wildman–Crippen LogP) is 2.68. The first-order valence-electron chi connectivity index (χ1n) is 5.37. The van der Waals surface area contributed by atoms with E-state index in [2.05, 4.69) is 20.9 Å². The third-order valence-electron chi connectivity index (χ3n) is 2.46. The van der Waals surface area contributed by atoms with Gasteiger partial charge in [0.25, 0.3) is 0 Å². The molecule has 0 aliphatic rings. The van der Waals surface area contributed by atoms with Crippen LogP contribution in [0.4, 0.5) is 14.5 Å². The molecule has 1 aromatic carbocycles. The Hall–Kier alpha value is -1.54. The first kappa shape index (κ1) is 14.9. The summed E-state index contributed by atoms with van der Waals surface area (Å²) in [5.74, 6) is -3.02. The van der Waals surface area contributed by atoms with Crippen LogP contribution in [0.25, 0.3) is 0 Å². The molecular formula is C12H9BrF2N2O2S. The zero-order chi connectivity index (χ0) is 14.9. The molecular weight excluding hydrogens is 354 g/mol. The van der Waals surface area contributed by atoms with Crippen molar-refractivity contribution >= 4 is 31.5 Å². The van der Waals surface area contributed by atoms with Gasteiger partial charge in [-0.2, -0.15) is 0 Å². The predicted molar refractivity (Wildman–Crippen MR) is 73.6 cm³/mol. The average molecular weight is 363 g/mol. The van der Waals surface area contributed by atoms with E-state index in [1.54, 1.807) is 6.07 Å². The van der Waals surface area contributed by atoms with E-state index in [0.717, 1.165) is 12.1 Å². The Morgan fingerprint density at radius 3 is 2.30 bits per heavy atom. The molecule has 1 aromatic heterocycles. The van der Waals surface area contributed by atoms with Gasteiger partial charge in [0.05, 0.1) is 11.4 Å². The summed E-state index contributed by atoms with van der Waals surface area (Å²) in [6, 6.07) is 4.58. The molecule has 20 heavy (non-hydrogen) atoms. The molecule has 0 fully saturated rings. The molecule has 0 radical (unpaired) electrons. The lowest BCUT2D eigenvalue weighted by Crippen LogP contribution is -2.11. The molecule has 2 N–H and O–H groups in total. The number of pyridine rings is 1. The smallest absolute Gasteiger partial charge is 0.189 e. The van der Waals surface area contributed by atoms with Gasteiger partial charge in [0.15, 0.2) is 9.84 Å². The first-order chi connectivity index (χ1) is 9.29. The van der Waals surface area contributed by atoms with Gasteiger partial charge in [-0.3, -0.25) is 4.98 Å². The summed E-state index contributed by atoms with van der Waals surface area (Å²) in [7, 11) is -4.19. The Balaban J connectivity index is 2.43. The van der Waals surface area contributed by atoms with Crippen molar-refractivity contribution in [2.24, 2.45) is 0 Å². The molecule has 4 nitrogen and oxygen atoms in total. The van der Waals surface area contributed by atoms with Crippen molar-refractivity contribution < 1.29 is 17.2 Å². The number of halogens is 3. The van der Waals surface area contributed by atoms with Gasteiger partial charge in [0.1, 0.15) is 16.5 Å². The van der Waals surface area contributed by atoms with E-state index in [9.17, 15) is 17.2 Å². The van der Waals surface area contributed by atoms with Gasteiger partial charge >= 0.3 is 0 Å². The van der Waals surface area contributed by atoms with Gasteiger partial charge in [-0.25, -0.2) is 17.2 Å². The van der Waals surface area contributed by atoms with Crippen molar-refractivity contribution in [2.45, 2.75) is 10.6 Å². The summed E-state index contributed by atoms with van der Waals surface area (Å²) in [6.07, 6.45) is 1.40. The number of benzene rings is 1. The second-order valence-corrected chi connectivity index (χ2v) is 6.88. The number of anilines is 1. The molecule has 0 saturated heterocycles. The third-order valence-corrected chi connectivity index (χ3v) is 4.62. The molecule has 2 rings (SSSR count). The van der Waals surface area contributed by atoms with Gasteiger partial charge in [0.2, 0.25) is 0 Å². The maximum absolute atomic E-state index is 13.6. The second kappa shape index (κ2) is 5.45. The number of nitrogens with two attached hydrogens (primary N) is 1. The second-order valence-electron chi connectivity index (χ2n) is 4.04. The summed E-state index contributed by atoms with van der Waals surface area (Å²) in [6.45, 7) is 0. The molecule has 2 aromatic rings. The minimum atomic E-state index is -4.19. The monoisotopic (exact) mass is 362 g/mol. The molecule has 0 aliphatic carbocycles. The molecule has 0 atom stereocenters. The molecule has 0 saturated carbocycles. The van der Waals surface area contributed by atoms with E-state index < -0.39 is 32.1 Å². The van der Waals surface area contributed by atoms with Crippen LogP contribution in [0.1, 0.15) is 5.69 Å². The van der Waals surface area contributed by atoms with Gasteiger partial charge in [-0.05, 0) is 40.2 Å². The van der Waals surface area contributed by atoms with Crippen LogP contribution >= 0.6 is 15.9 Å². The van der Waals surface area contributed by atoms with E-state index in [-0.39, 0.29) is 11.4 Å². The molecule has 0 bridgehead atoms. The van der Waals surface area contributed by atoms with E-state index in [0.29, 0.717) is 4.47 Å². The lowest BCUT2D eigenvalue weighted by atomic mass is 10.3. The molecule has 0 unspecified atom stereocenters. The van der Waals surface area contributed by atoms with Crippen LogP contribution in [0.5, 0.6) is 0 Å². The fraction of sp³-hybridized carbons (Fsp3) is 0.0833. The van der Waals surface area contributed by atoms with Gasteiger partial charge in [-0.1, -0.05) is 0 Å². The Kier molecular flexibility index (Phi) is 4.05. The summed E-state index contributed by atoms with van der Waals surface area (Å²) in [5, 5.41) is 0. The summed E-state index contributed by atoms with van der Waals surface area (Å²) in [4.78, 5) is 2.88. The largest absolute Gasteiger partial charge is 0.399 e. The number of sulfone groups is 1. The van der Waals surface area contributed by atoms with Crippen LogP contribution in [0.2, 0.25) is 0 Å². The quantitative estimate of drug-likeness (QED) is 0.851. The number of nitrogen functional groups attached to an aromatic ring is 1. The minimum absolute atomic E-state index is 0.180. The van der Waals surface area contributed by atoms with Crippen LogP contribution in [-0.2, 0) is 15.6 Å². The van der Waals surface area contributed by atoms with Crippen LogP contribution in [0, 0.1) is 11.6 Å². The van der Waals surface area contributed by atoms with Crippen molar-refractivity contribution in [3.8, 4) is 0 Å². The van der Waals surface area contributed by atoms with Gasteiger partial charge < -0.3 is 5.73 Å². The molecule has 1 heterocycles. The highest BCUT2D eigenvalue weighted by Gasteiger charge is 2.25. The lowest BCUT2D eigenvalue weighted by Gasteiger charge is -2.07. The third kappa shape index (κ3) is 3.13. The van der Waals surface area contributed by atoms with Crippen LogP contribution in [-0.4, -0.2) is 13.4 Å². The van der Waals surface area contributed by atoms with Crippen molar-refractivity contribution in [3.63, 3.8) is 0 Å². The van der Waals surface area contributed by atoms with E-state index in [1.807, 2.05) is 0 Å². The summed E-state index contributed by atoms with van der Waals surface area (Å²) < 4.78 is 52.1. The van der Waals surface area contributed by atoms with Crippen molar-refractivity contribution in [2.75, 3.05) is 5.73 Å². The molecule has 0 aliphatic heterocycles. The highest BCUT2D eigenvalue weighted by molar-refractivity contribution is 9.10. The topological polar surface area (TPSA) is 73.1 Å². The van der Waals surface area contributed by atoms with E-state index in [4.69, 9.17) is 5.73 Å². The van der Waals surface area contributed by atoms with Crippen molar-refractivity contribution in [1.29, 1.82) is 0 Å². The standard InChI is InChI=1S/C12H9BrF2N2O2S/c13-7-1-2-9(17-5-7)6-20(18,19)12-10(14)3-8(16)4-11(12)15/h1-5H,6,16H2. The maximum atomic E-state index is 13.6. The van der Waals surface area contributed by atoms with Crippen molar-refractivity contribution in [1.82, 2.24) is 4.98 Å². The Bertz CT molecular complexity index is 726. The van der Waals surface area contributed by atoms with Crippen molar-refractivity contribution in [3.05, 3.63) is 52.3 Å². The zero-order valence-corrected chi connectivity index (χ0v) is 12.4. The van der Waals surface area contributed by atoms with Gasteiger partial charge in [-0.15, -0.1) is 0 Å². The summed E-state index contributed by atoms with van der Waals surface area (Å²) >= 11 is 3.16. The highest BCUT2D eigenvalue weighted by atomic mass is 79.9. The molecule has 0 spiro atoms. The number of aromatic nitrogens is 1. The lowest BCUT2D eigenvalue weighted by molar-refractivity contribution is 0.519. The number of rotatable bonds is 3. The van der Waals surface area contributed by atoms with Crippen LogP contribution in [0.3, 0.4) is 0 Å². The normalized spacial score (nSPS) is 11.6. The molecule has 8 heteroatoms. The van der Waals surface area contributed by atoms with E-state index in [1.165, 1.54) is 12.3 Å². The fourth-order valence-electron chi connectivity index (χ4n) is 1.64. The Morgan fingerprint density at radius 2 is 1.80 bits per heavy atom. The average Bonchev–Trinajstić information content (AvgIpc) is 2.30. The molecule has 0 amide bonds. The summed E-state index contributed by atoms with van der Waals surface area (Å²) in [5.41, 5.74) is 5.25. The SMILES string of the molecule is Nc1cc(F)c(S(=O)(=O)Cc2ccc(Br)cn2)c(F)c1. The molecule has 106 valence electrons. The fourth-order valence-corrected chi connectivity index (χ4v) is 3.29. The highest BCUT2D eigenvalue weighted by Crippen LogP contribution is 2.25. The minimum Gasteiger partial charge on any atom is -0.399 e. The Morgan fingerprint density at radius 1 is 1.20 bits per heavy atom. The van der Waals surface area contributed by atoms with Crippen LogP contribution < -0.4 is 5.73 Å². The van der Waals surface area contributed by atoms with E-state index >= 15 is 0 Å². The maximum Gasteiger partial charge on any atom is 0.189 e. The van der Waals surface area contributed by atoms with Crippen LogP contribution in [0.15, 0.2) is 39.8 Å². The zero-order valence-electron chi connectivity index (χ0n) is 9.98. The number of nitrogens with zero attached hydrogens (tertiary/aromatic N) is 1. The number of hydrogen-bond donors (Lipinski definition) is 1. The first-order valence-corrected chi connectivity index (χ1v) is 7.82. The van der Waals surface area contributed by atoms with Gasteiger partial charge in [0, 0.05) is 16.4 Å².